The lowest BCUT2D eigenvalue weighted by Crippen LogP contribution is -2.46. The van der Waals surface area contributed by atoms with E-state index in [0.29, 0.717) is 6.54 Å². The summed E-state index contributed by atoms with van der Waals surface area (Å²) in [6.45, 7) is 6.26. The van der Waals surface area contributed by atoms with Crippen molar-refractivity contribution in [3.63, 3.8) is 0 Å². The van der Waals surface area contributed by atoms with Crippen LogP contribution in [0.15, 0.2) is 0 Å². The number of amides is 1. The van der Waals surface area contributed by atoms with Crippen LogP contribution in [0.5, 0.6) is 0 Å². The molecule has 2 atom stereocenters. The molecule has 0 radical (unpaired) electrons. The number of nitrogens with one attached hydrogen (secondary N) is 1. The summed E-state index contributed by atoms with van der Waals surface area (Å²) < 4.78 is 5.72. The zero-order valence-electron chi connectivity index (χ0n) is 9.58. The highest BCUT2D eigenvalue weighted by molar-refractivity contribution is 5.80. The predicted molar refractivity (Wildman–Crippen MR) is 57.4 cm³/mol. The Balaban J connectivity index is 2.00. The summed E-state index contributed by atoms with van der Waals surface area (Å²) in [7, 11) is 0. The van der Waals surface area contributed by atoms with Crippen molar-refractivity contribution in [3.05, 3.63) is 0 Å². The summed E-state index contributed by atoms with van der Waals surface area (Å²) >= 11 is 0. The maximum absolute atomic E-state index is 11.7. The summed E-state index contributed by atoms with van der Waals surface area (Å²) in [6.07, 6.45) is 3.34. The van der Waals surface area contributed by atoms with Crippen LogP contribution in [0.2, 0.25) is 0 Å². The number of rotatable bonds is 3. The average Bonchev–Trinajstić information content (AvgIpc) is 2.76. The number of hydrogen-bond donors (Lipinski definition) is 1. The molecule has 2 unspecified atom stereocenters. The molecule has 86 valence electrons. The van der Waals surface area contributed by atoms with E-state index < -0.39 is 0 Å². The molecule has 15 heavy (non-hydrogen) atoms. The van der Waals surface area contributed by atoms with Crippen molar-refractivity contribution in [2.45, 2.75) is 44.9 Å². The Kier molecular flexibility index (Phi) is 2.98. The van der Waals surface area contributed by atoms with Gasteiger partial charge in [-0.1, -0.05) is 6.92 Å². The quantitative estimate of drug-likeness (QED) is 0.749. The van der Waals surface area contributed by atoms with E-state index in [1.54, 1.807) is 0 Å². The molecule has 0 aliphatic carbocycles. The molecule has 2 rings (SSSR count). The summed E-state index contributed by atoms with van der Waals surface area (Å²) in [4.78, 5) is 13.6. The van der Waals surface area contributed by atoms with Gasteiger partial charge in [0.05, 0.1) is 24.9 Å². The van der Waals surface area contributed by atoms with Crippen LogP contribution >= 0.6 is 0 Å². The lowest BCUT2D eigenvalue weighted by Gasteiger charge is -2.32. The maximum atomic E-state index is 11.7. The van der Waals surface area contributed by atoms with Gasteiger partial charge in [-0.15, -0.1) is 0 Å². The zero-order valence-corrected chi connectivity index (χ0v) is 9.58. The Labute approximate surface area is 91.0 Å². The van der Waals surface area contributed by atoms with Gasteiger partial charge in [0.15, 0.2) is 0 Å². The van der Waals surface area contributed by atoms with Crippen LogP contribution in [0.3, 0.4) is 0 Å². The highest BCUT2D eigenvalue weighted by Crippen LogP contribution is 2.27. The Morgan fingerprint density at radius 3 is 3.07 bits per heavy atom. The van der Waals surface area contributed by atoms with Gasteiger partial charge in [-0.2, -0.15) is 0 Å². The van der Waals surface area contributed by atoms with Gasteiger partial charge in [0.2, 0.25) is 5.91 Å². The molecule has 0 aromatic heterocycles. The van der Waals surface area contributed by atoms with Gasteiger partial charge >= 0.3 is 0 Å². The monoisotopic (exact) mass is 212 g/mol. The third-order valence-corrected chi connectivity index (χ3v) is 3.38. The first-order valence-corrected chi connectivity index (χ1v) is 5.81. The normalized spacial score (nSPS) is 36.5. The minimum absolute atomic E-state index is 0.116. The third kappa shape index (κ3) is 2.16. The van der Waals surface area contributed by atoms with E-state index in [1.807, 2.05) is 4.90 Å². The minimum Gasteiger partial charge on any atom is -0.373 e. The fourth-order valence-corrected chi connectivity index (χ4v) is 2.48. The standard InChI is InChI=1S/C11H20N2O2/c1-3-9-12-7-10(14)13(9)8-11(2)5-4-6-15-11/h9,12H,3-8H2,1-2H3. The molecule has 0 aromatic rings. The van der Waals surface area contributed by atoms with E-state index >= 15 is 0 Å². The van der Waals surface area contributed by atoms with Crippen molar-refractivity contribution in [3.8, 4) is 0 Å². The van der Waals surface area contributed by atoms with E-state index in [1.165, 1.54) is 0 Å². The molecular formula is C11H20N2O2. The highest BCUT2D eigenvalue weighted by Gasteiger charge is 2.38. The van der Waals surface area contributed by atoms with Gasteiger partial charge in [-0.25, -0.2) is 0 Å². The lowest BCUT2D eigenvalue weighted by atomic mass is 10.0. The molecule has 0 spiro atoms. The lowest BCUT2D eigenvalue weighted by molar-refractivity contribution is -0.131. The van der Waals surface area contributed by atoms with Crippen molar-refractivity contribution in [2.75, 3.05) is 19.7 Å². The molecule has 4 heteroatoms. The van der Waals surface area contributed by atoms with Gasteiger partial charge in [-0.05, 0) is 26.2 Å². The Hall–Kier alpha value is -0.610. The fourth-order valence-electron chi connectivity index (χ4n) is 2.48. The molecule has 2 saturated heterocycles. The molecule has 2 aliphatic rings. The van der Waals surface area contributed by atoms with Gasteiger partial charge in [-0.3, -0.25) is 10.1 Å². The smallest absolute Gasteiger partial charge is 0.237 e. The summed E-state index contributed by atoms with van der Waals surface area (Å²) in [6, 6.07) is 0. The first kappa shape index (κ1) is 10.9. The van der Waals surface area contributed by atoms with E-state index in [9.17, 15) is 4.79 Å². The van der Waals surface area contributed by atoms with Crippen molar-refractivity contribution in [2.24, 2.45) is 0 Å². The maximum Gasteiger partial charge on any atom is 0.237 e. The van der Waals surface area contributed by atoms with E-state index in [-0.39, 0.29) is 17.7 Å². The molecule has 0 aromatic carbocycles. The summed E-state index contributed by atoms with van der Waals surface area (Å²) in [5.74, 6) is 0.207. The van der Waals surface area contributed by atoms with Crippen LogP contribution in [0.25, 0.3) is 0 Å². The highest BCUT2D eigenvalue weighted by atomic mass is 16.5. The second-order valence-corrected chi connectivity index (χ2v) is 4.73. The molecule has 0 saturated carbocycles. The van der Waals surface area contributed by atoms with Crippen LogP contribution in [0.4, 0.5) is 0 Å². The Morgan fingerprint density at radius 1 is 1.67 bits per heavy atom. The molecule has 2 fully saturated rings. The van der Waals surface area contributed by atoms with Gasteiger partial charge in [0.25, 0.3) is 0 Å². The fraction of sp³-hybridized carbons (Fsp3) is 0.909. The Bertz CT molecular complexity index is 249. The number of carbonyl (C=O) groups is 1. The molecular weight excluding hydrogens is 192 g/mol. The molecule has 1 amide bonds. The van der Waals surface area contributed by atoms with Crippen molar-refractivity contribution in [1.29, 1.82) is 0 Å². The molecule has 2 heterocycles. The molecule has 4 nitrogen and oxygen atoms in total. The summed E-state index contributed by atoms with van der Waals surface area (Å²) in [5.41, 5.74) is -0.116. The zero-order chi connectivity index (χ0) is 10.9. The minimum atomic E-state index is -0.116. The number of hydrogen-bond acceptors (Lipinski definition) is 3. The molecule has 1 N–H and O–H groups in total. The van der Waals surface area contributed by atoms with E-state index in [4.69, 9.17) is 4.74 Å². The van der Waals surface area contributed by atoms with Crippen molar-refractivity contribution in [1.82, 2.24) is 10.2 Å². The second-order valence-electron chi connectivity index (χ2n) is 4.73. The first-order valence-electron chi connectivity index (χ1n) is 5.81. The van der Waals surface area contributed by atoms with Crippen LogP contribution < -0.4 is 5.32 Å². The second kappa shape index (κ2) is 4.10. The van der Waals surface area contributed by atoms with E-state index in [0.717, 1.165) is 32.4 Å². The largest absolute Gasteiger partial charge is 0.373 e. The van der Waals surface area contributed by atoms with Crippen LogP contribution in [0.1, 0.15) is 33.1 Å². The van der Waals surface area contributed by atoms with Crippen LogP contribution in [-0.2, 0) is 9.53 Å². The number of carbonyl (C=O) groups excluding carboxylic acids is 1. The van der Waals surface area contributed by atoms with Crippen LogP contribution in [-0.4, -0.2) is 42.3 Å². The average molecular weight is 212 g/mol. The molecule has 0 bridgehead atoms. The van der Waals surface area contributed by atoms with Gasteiger partial charge < -0.3 is 9.64 Å². The van der Waals surface area contributed by atoms with Gasteiger partial charge in [0, 0.05) is 6.61 Å². The number of ether oxygens (including phenoxy) is 1. The SMILES string of the molecule is CCC1NCC(=O)N1CC1(C)CCCO1. The predicted octanol–water partition coefficient (Wildman–Crippen LogP) is 0.723. The summed E-state index contributed by atoms with van der Waals surface area (Å²) in [5, 5.41) is 3.22. The van der Waals surface area contributed by atoms with Crippen LogP contribution in [0, 0.1) is 0 Å². The topological polar surface area (TPSA) is 41.6 Å². The third-order valence-electron chi connectivity index (χ3n) is 3.38. The van der Waals surface area contributed by atoms with Gasteiger partial charge in [0.1, 0.15) is 0 Å². The first-order chi connectivity index (χ1) is 7.14. The van der Waals surface area contributed by atoms with E-state index in [2.05, 4.69) is 19.2 Å². The Morgan fingerprint density at radius 2 is 2.47 bits per heavy atom. The van der Waals surface area contributed by atoms with Crippen molar-refractivity contribution >= 4 is 5.91 Å². The number of nitrogens with zero attached hydrogens (tertiary/aromatic N) is 1. The molecule has 2 aliphatic heterocycles. The van der Waals surface area contributed by atoms with Crippen molar-refractivity contribution < 1.29 is 9.53 Å².